The molecule has 1 atom stereocenters. The third-order valence-electron chi connectivity index (χ3n) is 1.33. The Morgan fingerprint density at radius 1 is 1.33 bits per heavy atom. The van der Waals surface area contributed by atoms with E-state index in [1.54, 1.807) is 0 Å². The van der Waals surface area contributed by atoms with Crippen molar-refractivity contribution in [2.75, 3.05) is 0 Å². The molecule has 1 rings (SSSR count). The topological polar surface area (TPSA) is 26.0 Å². The van der Waals surface area contributed by atoms with Crippen LogP contribution < -0.4 is 5.73 Å². The summed E-state index contributed by atoms with van der Waals surface area (Å²) in [5.41, 5.74) is 6.81. The van der Waals surface area contributed by atoms with Gasteiger partial charge < -0.3 is 5.73 Å². The van der Waals surface area contributed by atoms with Gasteiger partial charge in [0.25, 0.3) is 0 Å². The van der Waals surface area contributed by atoms with Crippen LogP contribution in [-0.2, 0) is 0 Å². The number of nitrogens with two attached hydrogens (primary N) is 1. The lowest BCUT2D eigenvalue weighted by molar-refractivity contribution is 0.818. The molecule has 9 heavy (non-hydrogen) atoms. The molecule has 0 saturated heterocycles. The summed E-state index contributed by atoms with van der Waals surface area (Å²) in [6.45, 7) is 1.98. The summed E-state index contributed by atoms with van der Waals surface area (Å²) in [4.78, 5) is 0. The van der Waals surface area contributed by atoms with Gasteiger partial charge in [-0.1, -0.05) is 30.3 Å². The highest BCUT2D eigenvalue weighted by Gasteiger charge is 1.93. The molecule has 2 N–H and O–H groups in total. The molecule has 0 heterocycles. The van der Waals surface area contributed by atoms with Crippen LogP contribution in [0.25, 0.3) is 0 Å². The molecule has 0 aromatic heterocycles. The molecular weight excluding hydrogens is 110 g/mol. The van der Waals surface area contributed by atoms with E-state index >= 15 is 0 Å². The normalized spacial score (nSPS) is 13.1. The quantitative estimate of drug-likeness (QED) is 0.608. The first-order valence-electron chi connectivity index (χ1n) is 3.11. The highest BCUT2D eigenvalue weighted by atomic mass is 14.6. The minimum Gasteiger partial charge on any atom is -0.324 e. The lowest BCUT2D eigenvalue weighted by Gasteiger charge is -2.02. The minimum atomic E-state index is 0. The first-order valence-corrected chi connectivity index (χ1v) is 3.11. The predicted molar refractivity (Wildman–Crippen MR) is 41.2 cm³/mol. The maximum absolute atomic E-state index is 5.61. The highest BCUT2D eigenvalue weighted by molar-refractivity contribution is 5.17. The van der Waals surface area contributed by atoms with Gasteiger partial charge in [0.05, 0.1) is 0 Å². The zero-order valence-corrected chi connectivity index (χ0v) is 5.54. The Morgan fingerprint density at radius 2 is 1.89 bits per heavy atom. The molecule has 0 spiro atoms. The Balaban J connectivity index is 0.000000810. The van der Waals surface area contributed by atoms with Gasteiger partial charge in [-0.05, 0) is 12.5 Å². The van der Waals surface area contributed by atoms with E-state index in [4.69, 9.17) is 5.73 Å². The van der Waals surface area contributed by atoms with E-state index in [2.05, 4.69) is 0 Å². The van der Waals surface area contributed by atoms with Crippen LogP contribution in [0.15, 0.2) is 30.3 Å². The molecule has 0 fully saturated rings. The van der Waals surface area contributed by atoms with Gasteiger partial charge in [0.2, 0.25) is 0 Å². The van der Waals surface area contributed by atoms with Gasteiger partial charge in [0, 0.05) is 7.47 Å². The maximum Gasteiger partial charge on any atom is 0.0266 e. The molecule has 0 bridgehead atoms. The van der Waals surface area contributed by atoms with E-state index in [0.717, 1.165) is 0 Å². The largest absolute Gasteiger partial charge is 0.324 e. The van der Waals surface area contributed by atoms with Crippen molar-refractivity contribution in [3.63, 3.8) is 0 Å². The van der Waals surface area contributed by atoms with E-state index in [9.17, 15) is 0 Å². The molecule has 1 aromatic carbocycles. The van der Waals surface area contributed by atoms with Crippen LogP contribution in [0.4, 0.5) is 0 Å². The Labute approximate surface area is 57.0 Å². The van der Waals surface area contributed by atoms with Gasteiger partial charge in [-0.2, -0.15) is 0 Å². The van der Waals surface area contributed by atoms with Crippen LogP contribution in [0.2, 0.25) is 0 Å². The Bertz CT molecular complexity index is 172. The van der Waals surface area contributed by atoms with E-state index in [1.807, 2.05) is 37.3 Å². The van der Waals surface area contributed by atoms with Gasteiger partial charge >= 0.3 is 0 Å². The molecule has 0 saturated carbocycles. The molecule has 1 aromatic rings. The molecule has 0 aliphatic heterocycles. The summed E-state index contributed by atoms with van der Waals surface area (Å²) in [5.74, 6) is 0. The zero-order valence-electron chi connectivity index (χ0n) is 5.54. The van der Waals surface area contributed by atoms with Crippen molar-refractivity contribution in [1.82, 2.24) is 0 Å². The van der Waals surface area contributed by atoms with E-state index < -0.39 is 0 Å². The molecular formula is C8H13N. The van der Waals surface area contributed by atoms with E-state index in [0.29, 0.717) is 0 Å². The van der Waals surface area contributed by atoms with Crippen LogP contribution in [0, 0.1) is 0 Å². The molecule has 1 nitrogen and oxygen atoms in total. The summed E-state index contributed by atoms with van der Waals surface area (Å²) in [6, 6.07) is 10.2. The fourth-order valence-corrected chi connectivity index (χ4v) is 0.757. The van der Waals surface area contributed by atoms with Crippen molar-refractivity contribution in [3.05, 3.63) is 35.9 Å². The second kappa shape index (κ2) is 2.65. The number of benzene rings is 1. The first kappa shape index (κ1) is 6.30. The monoisotopic (exact) mass is 124 g/mol. The molecule has 0 aliphatic rings. The first-order chi connectivity index (χ1) is 4.30. The van der Waals surface area contributed by atoms with E-state index in [1.165, 1.54) is 5.56 Å². The third-order valence-corrected chi connectivity index (χ3v) is 1.33. The third kappa shape index (κ3) is 1.54. The van der Waals surface area contributed by atoms with Crippen molar-refractivity contribution in [3.8, 4) is 0 Å². The minimum absolute atomic E-state index is 0. The fraction of sp³-hybridized carbons (Fsp3) is 0.250. The lowest BCUT2D eigenvalue weighted by Crippen LogP contribution is -2.03. The number of hydrogen-bond donors (Lipinski definition) is 1. The van der Waals surface area contributed by atoms with Gasteiger partial charge in [0.15, 0.2) is 0 Å². The second-order valence-corrected chi connectivity index (χ2v) is 2.20. The van der Waals surface area contributed by atoms with E-state index in [-0.39, 0.29) is 7.47 Å². The van der Waals surface area contributed by atoms with Crippen LogP contribution >= 0.6 is 0 Å². The van der Waals surface area contributed by atoms with Crippen LogP contribution in [0.3, 0.4) is 0 Å². The number of hydrogen-bond acceptors (Lipinski definition) is 1. The van der Waals surface area contributed by atoms with Crippen molar-refractivity contribution in [1.29, 1.82) is 0 Å². The second-order valence-electron chi connectivity index (χ2n) is 2.20. The molecule has 0 radical (unpaired) electrons. The van der Waals surface area contributed by atoms with Gasteiger partial charge in [-0.3, -0.25) is 0 Å². The summed E-state index contributed by atoms with van der Waals surface area (Å²) in [5, 5.41) is 0. The van der Waals surface area contributed by atoms with Crippen LogP contribution in [0.1, 0.15) is 20.0 Å². The summed E-state index contributed by atoms with van der Waals surface area (Å²) >= 11 is 0. The average molecular weight is 124 g/mol. The molecule has 0 amide bonds. The van der Waals surface area contributed by atoms with Crippen LogP contribution in [-0.4, -0.2) is 0 Å². The standard InChI is InChI=1S/C8H11N.H2/c1-7(9)8-5-3-2-4-6-8;/h2-7H,9H2,1H3;1H/t7-;/m1./s1/i;1+1. The maximum atomic E-state index is 5.61. The summed E-state index contributed by atoms with van der Waals surface area (Å²) in [6.07, 6.45) is 0. The molecule has 0 unspecified atom stereocenters. The SMILES string of the molecule is C[C@@H](N)c1ccccc1.[2HH]. The molecule has 50 valence electrons. The van der Waals surface area contributed by atoms with Crippen LogP contribution in [0.5, 0.6) is 0 Å². The molecule has 0 aliphatic carbocycles. The van der Waals surface area contributed by atoms with Gasteiger partial charge in [-0.15, -0.1) is 0 Å². The van der Waals surface area contributed by atoms with Crippen molar-refractivity contribution < 1.29 is 1.43 Å². The Morgan fingerprint density at radius 3 is 2.22 bits per heavy atom. The van der Waals surface area contributed by atoms with Crippen molar-refractivity contribution >= 4 is 0 Å². The Kier molecular flexibility index (Phi) is 1.85. The smallest absolute Gasteiger partial charge is 0.0266 e. The fourth-order valence-electron chi connectivity index (χ4n) is 0.757. The summed E-state index contributed by atoms with van der Waals surface area (Å²) in [7, 11) is 0. The summed E-state index contributed by atoms with van der Waals surface area (Å²) < 4.78 is 0. The number of rotatable bonds is 1. The molecule has 1 heteroatoms. The predicted octanol–water partition coefficient (Wildman–Crippen LogP) is 1.95. The van der Waals surface area contributed by atoms with Gasteiger partial charge in [0.1, 0.15) is 0 Å². The zero-order chi connectivity index (χ0) is 6.69. The van der Waals surface area contributed by atoms with Crippen molar-refractivity contribution in [2.45, 2.75) is 13.0 Å². The lowest BCUT2D eigenvalue weighted by atomic mass is 10.1. The highest BCUT2D eigenvalue weighted by Crippen LogP contribution is 2.06. The Hall–Kier alpha value is -0.820. The average Bonchev–Trinajstić information content (AvgIpc) is 1.90. The van der Waals surface area contributed by atoms with Crippen molar-refractivity contribution in [2.24, 2.45) is 5.73 Å². The van der Waals surface area contributed by atoms with Gasteiger partial charge in [-0.25, -0.2) is 0 Å².